The van der Waals surface area contributed by atoms with E-state index in [4.69, 9.17) is 11.6 Å². The molecule has 0 atom stereocenters. The number of halogens is 1. The number of aryl methyl sites for hydroxylation is 1. The van der Waals surface area contributed by atoms with Gasteiger partial charge in [0.1, 0.15) is 5.82 Å². The number of carbonyl (C=O) groups excluding carboxylic acids is 1. The molecule has 1 heterocycles. The normalized spacial score (nSPS) is 10.4. The second-order valence-corrected chi connectivity index (χ2v) is 6.33. The molecule has 132 valence electrons. The summed E-state index contributed by atoms with van der Waals surface area (Å²) in [6.45, 7) is 3.04. The molecule has 1 aromatic heterocycles. The van der Waals surface area contributed by atoms with E-state index in [0.717, 1.165) is 11.1 Å². The molecular formula is C20H19ClN4O. The molecule has 5 nitrogen and oxygen atoms in total. The fraction of sp³-hybridized carbons (Fsp3) is 0.150. The van der Waals surface area contributed by atoms with Gasteiger partial charge in [-0.25, -0.2) is 0 Å². The minimum atomic E-state index is -0.289. The maximum Gasteiger partial charge on any atom is 0.272 e. The molecule has 0 fully saturated rings. The molecule has 0 spiro atoms. The van der Waals surface area contributed by atoms with Gasteiger partial charge in [0.25, 0.3) is 5.91 Å². The van der Waals surface area contributed by atoms with Crippen molar-refractivity contribution < 1.29 is 4.79 Å². The molecule has 0 aliphatic carbocycles. The van der Waals surface area contributed by atoms with Crippen LogP contribution in [-0.2, 0) is 13.1 Å². The second-order valence-electron chi connectivity index (χ2n) is 5.92. The number of carbonyl (C=O) groups is 1. The number of amides is 1. The van der Waals surface area contributed by atoms with Crippen molar-refractivity contribution in [3.8, 4) is 0 Å². The first kappa shape index (κ1) is 17.9. The molecule has 2 N–H and O–H groups in total. The van der Waals surface area contributed by atoms with Crippen LogP contribution in [0.3, 0.4) is 0 Å². The van der Waals surface area contributed by atoms with Gasteiger partial charge in [0.05, 0.1) is 0 Å². The summed E-state index contributed by atoms with van der Waals surface area (Å²) in [6.07, 6.45) is 0. The van der Waals surface area contributed by atoms with Crippen LogP contribution in [0.4, 0.5) is 5.82 Å². The van der Waals surface area contributed by atoms with Crippen LogP contribution >= 0.6 is 11.6 Å². The summed E-state index contributed by atoms with van der Waals surface area (Å²) in [5.41, 5.74) is 3.49. The third-order valence-corrected chi connectivity index (χ3v) is 4.22. The smallest absolute Gasteiger partial charge is 0.272 e. The average Bonchev–Trinajstić information content (AvgIpc) is 2.66. The fourth-order valence-corrected chi connectivity index (χ4v) is 2.67. The first-order valence-electron chi connectivity index (χ1n) is 8.26. The summed E-state index contributed by atoms with van der Waals surface area (Å²) in [5.74, 6) is 0.330. The van der Waals surface area contributed by atoms with E-state index < -0.39 is 0 Å². The zero-order valence-corrected chi connectivity index (χ0v) is 15.1. The van der Waals surface area contributed by atoms with Gasteiger partial charge in [0.2, 0.25) is 0 Å². The molecule has 26 heavy (non-hydrogen) atoms. The zero-order chi connectivity index (χ0) is 18.4. The van der Waals surface area contributed by atoms with Crippen molar-refractivity contribution in [3.63, 3.8) is 0 Å². The van der Waals surface area contributed by atoms with E-state index in [9.17, 15) is 4.79 Å². The Kier molecular flexibility index (Phi) is 5.81. The Hall–Kier alpha value is -2.92. The minimum Gasteiger partial charge on any atom is -0.365 e. The number of hydrogen-bond acceptors (Lipinski definition) is 4. The highest BCUT2D eigenvalue weighted by atomic mass is 35.5. The van der Waals surface area contributed by atoms with Gasteiger partial charge in [-0.2, -0.15) is 0 Å². The third-order valence-electron chi connectivity index (χ3n) is 3.85. The van der Waals surface area contributed by atoms with Crippen LogP contribution in [0.5, 0.6) is 0 Å². The Morgan fingerprint density at radius 1 is 1.00 bits per heavy atom. The van der Waals surface area contributed by atoms with E-state index in [2.05, 4.69) is 39.9 Å². The van der Waals surface area contributed by atoms with Gasteiger partial charge in [0, 0.05) is 18.1 Å². The van der Waals surface area contributed by atoms with E-state index in [1.165, 1.54) is 5.56 Å². The Balaban J connectivity index is 1.55. The largest absolute Gasteiger partial charge is 0.365 e. The SMILES string of the molecule is Cc1cccc(CNc2ccc(C(=O)NCc3ccccc3Cl)nn2)c1. The predicted octanol–water partition coefficient (Wildman–Crippen LogP) is 3.98. The van der Waals surface area contributed by atoms with E-state index in [1.54, 1.807) is 18.2 Å². The summed E-state index contributed by atoms with van der Waals surface area (Å²) in [6, 6.07) is 19.0. The molecule has 1 amide bonds. The molecule has 3 rings (SSSR count). The van der Waals surface area contributed by atoms with Gasteiger partial charge in [-0.3, -0.25) is 4.79 Å². The van der Waals surface area contributed by atoms with Crippen LogP contribution < -0.4 is 10.6 Å². The summed E-state index contributed by atoms with van der Waals surface area (Å²) in [4.78, 5) is 12.2. The lowest BCUT2D eigenvalue weighted by molar-refractivity contribution is 0.0945. The fourth-order valence-electron chi connectivity index (χ4n) is 2.47. The Labute approximate surface area is 157 Å². The molecular weight excluding hydrogens is 348 g/mol. The number of rotatable bonds is 6. The van der Waals surface area contributed by atoms with E-state index >= 15 is 0 Å². The molecule has 0 bridgehead atoms. The lowest BCUT2D eigenvalue weighted by atomic mass is 10.1. The highest BCUT2D eigenvalue weighted by Gasteiger charge is 2.09. The maximum absolute atomic E-state index is 12.2. The second kappa shape index (κ2) is 8.45. The molecule has 0 aliphatic heterocycles. The van der Waals surface area contributed by atoms with E-state index in [-0.39, 0.29) is 11.6 Å². The number of nitrogens with zero attached hydrogens (tertiary/aromatic N) is 2. The topological polar surface area (TPSA) is 66.9 Å². The van der Waals surface area contributed by atoms with Crippen LogP contribution in [0.2, 0.25) is 5.02 Å². The van der Waals surface area contributed by atoms with Crippen LogP contribution in [0.15, 0.2) is 60.7 Å². The molecule has 6 heteroatoms. The van der Waals surface area contributed by atoms with Crippen molar-refractivity contribution in [2.24, 2.45) is 0 Å². The van der Waals surface area contributed by atoms with Crippen LogP contribution in [0.25, 0.3) is 0 Å². The number of benzene rings is 2. The van der Waals surface area contributed by atoms with Crippen molar-refractivity contribution >= 4 is 23.3 Å². The summed E-state index contributed by atoms with van der Waals surface area (Å²) < 4.78 is 0. The Bertz CT molecular complexity index is 896. The first-order valence-corrected chi connectivity index (χ1v) is 8.64. The Morgan fingerprint density at radius 2 is 1.85 bits per heavy atom. The zero-order valence-electron chi connectivity index (χ0n) is 14.4. The number of hydrogen-bond donors (Lipinski definition) is 2. The van der Waals surface area contributed by atoms with Gasteiger partial charge in [-0.05, 0) is 36.2 Å². The highest BCUT2D eigenvalue weighted by Crippen LogP contribution is 2.14. The van der Waals surface area contributed by atoms with Crippen LogP contribution in [0, 0.1) is 6.92 Å². The van der Waals surface area contributed by atoms with E-state index in [0.29, 0.717) is 23.9 Å². The van der Waals surface area contributed by atoms with Crippen molar-refractivity contribution in [2.45, 2.75) is 20.0 Å². The molecule has 3 aromatic rings. The molecule has 0 saturated carbocycles. The van der Waals surface area contributed by atoms with Gasteiger partial charge in [-0.15, -0.1) is 10.2 Å². The van der Waals surface area contributed by atoms with Gasteiger partial charge >= 0.3 is 0 Å². The average molecular weight is 367 g/mol. The number of aromatic nitrogens is 2. The third kappa shape index (κ3) is 4.80. The summed E-state index contributed by atoms with van der Waals surface area (Å²) in [5, 5.41) is 14.7. The maximum atomic E-state index is 12.2. The van der Waals surface area contributed by atoms with Gasteiger partial charge in [-0.1, -0.05) is 59.6 Å². The van der Waals surface area contributed by atoms with Crippen molar-refractivity contribution in [2.75, 3.05) is 5.32 Å². The Morgan fingerprint density at radius 3 is 2.58 bits per heavy atom. The quantitative estimate of drug-likeness (QED) is 0.692. The lowest BCUT2D eigenvalue weighted by Gasteiger charge is -2.08. The molecule has 0 aliphatic rings. The monoisotopic (exact) mass is 366 g/mol. The molecule has 0 unspecified atom stereocenters. The number of anilines is 1. The minimum absolute atomic E-state index is 0.262. The van der Waals surface area contributed by atoms with Gasteiger partial charge < -0.3 is 10.6 Å². The summed E-state index contributed by atoms with van der Waals surface area (Å²) >= 11 is 6.08. The van der Waals surface area contributed by atoms with E-state index in [1.807, 2.05) is 30.3 Å². The lowest BCUT2D eigenvalue weighted by Crippen LogP contribution is -2.24. The van der Waals surface area contributed by atoms with Crippen molar-refractivity contribution in [3.05, 3.63) is 88.1 Å². The van der Waals surface area contributed by atoms with Gasteiger partial charge in [0.15, 0.2) is 5.69 Å². The van der Waals surface area contributed by atoms with Crippen LogP contribution in [-0.4, -0.2) is 16.1 Å². The standard InChI is InChI=1S/C20H19ClN4O/c1-14-5-4-6-15(11-14)12-22-19-10-9-18(24-25-19)20(26)23-13-16-7-2-3-8-17(16)21/h2-11H,12-13H2,1H3,(H,22,25)(H,23,26). The summed E-state index contributed by atoms with van der Waals surface area (Å²) in [7, 11) is 0. The highest BCUT2D eigenvalue weighted by molar-refractivity contribution is 6.31. The first-order chi connectivity index (χ1) is 12.6. The van der Waals surface area contributed by atoms with Crippen molar-refractivity contribution in [1.82, 2.24) is 15.5 Å². The molecule has 2 aromatic carbocycles. The number of nitrogens with one attached hydrogen (secondary N) is 2. The predicted molar refractivity (Wildman–Crippen MR) is 103 cm³/mol. The molecule has 0 radical (unpaired) electrons. The van der Waals surface area contributed by atoms with Crippen LogP contribution in [0.1, 0.15) is 27.2 Å². The van der Waals surface area contributed by atoms with Crippen molar-refractivity contribution in [1.29, 1.82) is 0 Å². The molecule has 0 saturated heterocycles.